The third-order valence-corrected chi connectivity index (χ3v) is 2.65. The van der Waals surface area contributed by atoms with Crippen molar-refractivity contribution in [3.63, 3.8) is 0 Å². The largest absolute Gasteiger partial charge is 0.481 e. The molecule has 19 heavy (non-hydrogen) atoms. The second kappa shape index (κ2) is 16.9. The highest BCUT2D eigenvalue weighted by atomic mass is 16.4. The van der Waals surface area contributed by atoms with Crippen LogP contribution in [0, 0.1) is 0 Å². The van der Waals surface area contributed by atoms with Gasteiger partial charge in [-0.3, -0.25) is 4.79 Å². The molecule has 0 bridgehead atoms. The monoisotopic (exact) mass is 270 g/mol. The van der Waals surface area contributed by atoms with Crippen LogP contribution in [0.1, 0.15) is 65.2 Å². The summed E-state index contributed by atoms with van der Waals surface area (Å²) in [5.74, 6) is -0.833. The van der Waals surface area contributed by atoms with E-state index in [1.165, 1.54) is 38.5 Å². The fraction of sp³-hybridized carbons (Fsp3) is 0.688. The predicted octanol–water partition coefficient (Wildman–Crippen LogP) is 4.32. The fourth-order valence-corrected chi connectivity index (χ4v) is 1.57. The summed E-state index contributed by atoms with van der Waals surface area (Å²) in [6.45, 7) is 6.75. The van der Waals surface area contributed by atoms with E-state index in [9.17, 15) is 5.11 Å². The number of aliphatic hydroxyl groups excluding tert-OH is 1. The molecule has 3 heteroatoms. The summed E-state index contributed by atoms with van der Waals surface area (Å²) in [5.41, 5.74) is 0. The number of rotatable bonds is 10. The van der Waals surface area contributed by atoms with Crippen LogP contribution >= 0.6 is 0 Å². The Hall–Kier alpha value is -1.09. The molecule has 0 aromatic rings. The number of aliphatic hydroxyl groups is 1. The molecule has 0 aliphatic carbocycles. The number of hydrogen-bond donors (Lipinski definition) is 2. The van der Waals surface area contributed by atoms with Crippen molar-refractivity contribution in [1.29, 1.82) is 0 Å². The van der Waals surface area contributed by atoms with Crippen molar-refractivity contribution in [2.45, 2.75) is 71.3 Å². The van der Waals surface area contributed by atoms with Gasteiger partial charge in [-0.1, -0.05) is 57.4 Å². The van der Waals surface area contributed by atoms with Gasteiger partial charge in [-0.15, -0.1) is 0 Å². The Morgan fingerprint density at radius 1 is 1.21 bits per heavy atom. The summed E-state index contributed by atoms with van der Waals surface area (Å²) >= 11 is 0. The van der Waals surface area contributed by atoms with E-state index in [2.05, 4.69) is 12.7 Å². The maximum Gasteiger partial charge on any atom is 0.300 e. The van der Waals surface area contributed by atoms with Crippen LogP contribution in [0.3, 0.4) is 0 Å². The molecule has 0 radical (unpaired) electrons. The third kappa shape index (κ3) is 26.5. The van der Waals surface area contributed by atoms with Gasteiger partial charge in [0.25, 0.3) is 5.97 Å². The number of aliphatic carboxylic acids is 1. The van der Waals surface area contributed by atoms with Crippen molar-refractivity contribution in [2.75, 3.05) is 0 Å². The van der Waals surface area contributed by atoms with Crippen molar-refractivity contribution in [2.24, 2.45) is 0 Å². The van der Waals surface area contributed by atoms with E-state index in [1.807, 2.05) is 19.1 Å². The smallest absolute Gasteiger partial charge is 0.300 e. The van der Waals surface area contributed by atoms with Gasteiger partial charge in [-0.05, 0) is 25.7 Å². The zero-order chi connectivity index (χ0) is 14.9. The highest BCUT2D eigenvalue weighted by Crippen LogP contribution is 2.10. The quantitative estimate of drug-likeness (QED) is 0.459. The summed E-state index contributed by atoms with van der Waals surface area (Å²) < 4.78 is 0. The van der Waals surface area contributed by atoms with E-state index >= 15 is 0 Å². The Bertz CT molecular complexity index is 230. The number of hydrogen-bond acceptors (Lipinski definition) is 2. The van der Waals surface area contributed by atoms with E-state index in [0.717, 1.165) is 19.8 Å². The second-order valence-corrected chi connectivity index (χ2v) is 4.59. The number of carboxylic acids is 1. The Labute approximate surface area is 118 Å². The van der Waals surface area contributed by atoms with E-state index in [4.69, 9.17) is 9.90 Å². The Morgan fingerprint density at radius 2 is 1.74 bits per heavy atom. The van der Waals surface area contributed by atoms with E-state index < -0.39 is 5.97 Å². The Kier molecular flexibility index (Phi) is 18.0. The maximum atomic E-state index is 9.34. The highest BCUT2D eigenvalue weighted by Gasteiger charge is 1.99. The molecule has 0 fully saturated rings. The first-order chi connectivity index (χ1) is 9.04. The van der Waals surface area contributed by atoms with Crippen LogP contribution < -0.4 is 0 Å². The topological polar surface area (TPSA) is 57.5 Å². The molecule has 0 rings (SSSR count). The van der Waals surface area contributed by atoms with Crippen molar-refractivity contribution in [3.8, 4) is 0 Å². The summed E-state index contributed by atoms with van der Waals surface area (Å²) in [5, 5.41) is 16.8. The van der Waals surface area contributed by atoms with Gasteiger partial charge in [0.15, 0.2) is 0 Å². The van der Waals surface area contributed by atoms with E-state index in [-0.39, 0.29) is 6.10 Å². The molecule has 0 amide bonds. The summed E-state index contributed by atoms with van der Waals surface area (Å²) in [6, 6.07) is 0. The van der Waals surface area contributed by atoms with Gasteiger partial charge in [0.2, 0.25) is 0 Å². The maximum absolute atomic E-state index is 9.34. The number of unbranched alkanes of at least 4 members (excludes halogenated alkanes) is 5. The molecule has 3 nitrogen and oxygen atoms in total. The molecule has 0 saturated heterocycles. The number of carbonyl (C=O) groups is 1. The molecule has 0 aliphatic rings. The summed E-state index contributed by atoms with van der Waals surface area (Å²) in [7, 11) is 0. The predicted molar refractivity (Wildman–Crippen MR) is 81.3 cm³/mol. The molecule has 112 valence electrons. The molecule has 0 saturated carbocycles. The second-order valence-electron chi connectivity index (χ2n) is 4.59. The van der Waals surface area contributed by atoms with Crippen LogP contribution in [-0.4, -0.2) is 22.3 Å². The van der Waals surface area contributed by atoms with Gasteiger partial charge < -0.3 is 10.2 Å². The molecular weight excluding hydrogens is 240 g/mol. The molecule has 0 aliphatic heterocycles. The molecule has 0 heterocycles. The van der Waals surface area contributed by atoms with Gasteiger partial charge in [-0.2, -0.15) is 0 Å². The van der Waals surface area contributed by atoms with Crippen molar-refractivity contribution in [1.82, 2.24) is 0 Å². The zero-order valence-corrected chi connectivity index (χ0v) is 12.5. The van der Waals surface area contributed by atoms with E-state index in [1.54, 1.807) is 0 Å². The highest BCUT2D eigenvalue weighted by molar-refractivity contribution is 5.62. The van der Waals surface area contributed by atoms with Crippen LogP contribution in [0.15, 0.2) is 24.8 Å². The van der Waals surface area contributed by atoms with Gasteiger partial charge >= 0.3 is 0 Å². The molecule has 0 aromatic heterocycles. The summed E-state index contributed by atoms with van der Waals surface area (Å²) in [6.07, 6.45) is 15.3. The normalized spacial score (nSPS) is 11.7. The Balaban J connectivity index is 0. The molecule has 1 unspecified atom stereocenters. The van der Waals surface area contributed by atoms with Crippen LogP contribution in [0.2, 0.25) is 0 Å². The number of allylic oxidation sites excluding steroid dienone is 3. The lowest BCUT2D eigenvalue weighted by atomic mass is 10.1. The molecule has 0 spiro atoms. The average Bonchev–Trinajstić information content (AvgIpc) is 2.36. The molecule has 0 aromatic carbocycles. The van der Waals surface area contributed by atoms with Crippen molar-refractivity contribution < 1.29 is 15.0 Å². The third-order valence-electron chi connectivity index (χ3n) is 2.65. The van der Waals surface area contributed by atoms with Gasteiger partial charge in [-0.25, -0.2) is 0 Å². The van der Waals surface area contributed by atoms with Crippen molar-refractivity contribution >= 4 is 5.97 Å². The number of carboxylic acid groups (broad SMARTS) is 1. The van der Waals surface area contributed by atoms with Crippen molar-refractivity contribution in [3.05, 3.63) is 24.8 Å². The van der Waals surface area contributed by atoms with E-state index in [0.29, 0.717) is 0 Å². The minimum absolute atomic E-state index is 0.0690. The van der Waals surface area contributed by atoms with Crippen LogP contribution in [0.5, 0.6) is 0 Å². The lowest BCUT2D eigenvalue weighted by Crippen LogP contribution is -2.03. The lowest BCUT2D eigenvalue weighted by Gasteiger charge is -2.06. The van der Waals surface area contributed by atoms with Gasteiger partial charge in [0, 0.05) is 6.92 Å². The molecule has 2 N–H and O–H groups in total. The fourth-order valence-electron chi connectivity index (χ4n) is 1.57. The Morgan fingerprint density at radius 3 is 2.26 bits per heavy atom. The first-order valence-electron chi connectivity index (χ1n) is 7.19. The van der Waals surface area contributed by atoms with Gasteiger partial charge in [0.1, 0.15) is 0 Å². The zero-order valence-electron chi connectivity index (χ0n) is 12.5. The van der Waals surface area contributed by atoms with Crippen LogP contribution in [0.25, 0.3) is 0 Å². The minimum Gasteiger partial charge on any atom is -0.481 e. The molecule has 1 atom stereocenters. The summed E-state index contributed by atoms with van der Waals surface area (Å²) in [4.78, 5) is 9.00. The standard InChI is InChI=1S/C14H26O.C2H4O2/c1-3-5-6-7-8-9-10-11-12-13-14(15)4-2;1-2(3)4/h3,5-6,14-15H,1,4,7-13H2,2H3;1H3,(H,3,4)/b6-5+;. The van der Waals surface area contributed by atoms with Crippen LogP contribution in [-0.2, 0) is 4.79 Å². The molecular formula is C16H30O3. The van der Waals surface area contributed by atoms with Gasteiger partial charge in [0.05, 0.1) is 6.10 Å². The minimum atomic E-state index is -0.833. The lowest BCUT2D eigenvalue weighted by molar-refractivity contribution is -0.134. The SMILES string of the molecule is C=C/C=C/CCCCCCCC(O)CC.CC(=O)O. The average molecular weight is 270 g/mol. The van der Waals surface area contributed by atoms with Crippen LogP contribution in [0.4, 0.5) is 0 Å². The first-order valence-corrected chi connectivity index (χ1v) is 7.19. The first kappa shape index (κ1) is 20.2.